The maximum atomic E-state index is 12.7. The molecule has 0 fully saturated rings. The molecule has 1 unspecified atom stereocenters. The molecule has 0 heterocycles. The van der Waals surface area contributed by atoms with E-state index in [1.54, 1.807) is 13.8 Å². The first kappa shape index (κ1) is 17.8. The Balaban J connectivity index is 2.69. The van der Waals surface area contributed by atoms with Crippen molar-refractivity contribution >= 4 is 12.1 Å². The maximum Gasteiger partial charge on any atom is 0.516 e. The van der Waals surface area contributed by atoms with Gasteiger partial charge >= 0.3 is 18.3 Å². The van der Waals surface area contributed by atoms with Gasteiger partial charge in [0.1, 0.15) is 5.75 Å². The van der Waals surface area contributed by atoms with E-state index in [2.05, 4.69) is 9.47 Å². The molecule has 8 heteroatoms. The molecular weight excluding hydrogens is 305 g/mol. The molecular formula is C14H15F3O5. The second kappa shape index (κ2) is 7.15. The summed E-state index contributed by atoms with van der Waals surface area (Å²) in [6, 6.07) is 4.19. The van der Waals surface area contributed by atoms with Gasteiger partial charge in [-0.1, -0.05) is 26.0 Å². The molecule has 0 radical (unpaired) electrons. The van der Waals surface area contributed by atoms with Gasteiger partial charge in [-0.25, -0.2) is 4.79 Å². The van der Waals surface area contributed by atoms with E-state index in [1.165, 1.54) is 13.0 Å². The normalized spacial score (nSPS) is 12.7. The minimum Gasteiger partial charge on any atom is -0.425 e. The van der Waals surface area contributed by atoms with E-state index in [1.807, 2.05) is 0 Å². The van der Waals surface area contributed by atoms with Gasteiger partial charge in [-0.2, -0.15) is 13.2 Å². The van der Waals surface area contributed by atoms with E-state index in [-0.39, 0.29) is 0 Å². The van der Waals surface area contributed by atoms with Gasteiger partial charge in [-0.3, -0.25) is 4.79 Å². The lowest BCUT2D eigenvalue weighted by Crippen LogP contribution is -2.26. The highest BCUT2D eigenvalue weighted by Crippen LogP contribution is 2.36. The Kier molecular flexibility index (Phi) is 5.78. The van der Waals surface area contributed by atoms with Gasteiger partial charge in [0.15, 0.2) is 0 Å². The lowest BCUT2D eigenvalue weighted by Gasteiger charge is -2.16. The highest BCUT2D eigenvalue weighted by Gasteiger charge is 2.35. The van der Waals surface area contributed by atoms with Crippen LogP contribution in [0.4, 0.5) is 18.0 Å². The van der Waals surface area contributed by atoms with Crippen molar-refractivity contribution in [3.63, 3.8) is 0 Å². The summed E-state index contributed by atoms with van der Waals surface area (Å²) in [7, 11) is 0. The fourth-order valence-electron chi connectivity index (χ4n) is 1.36. The number of hydrogen-bond donors (Lipinski definition) is 0. The van der Waals surface area contributed by atoms with E-state index in [0.717, 1.165) is 18.2 Å². The summed E-state index contributed by atoms with van der Waals surface area (Å²) in [5.41, 5.74) is -1.11. The molecule has 0 saturated heterocycles. The maximum absolute atomic E-state index is 12.7. The summed E-state index contributed by atoms with van der Waals surface area (Å²) in [4.78, 5) is 22.7. The molecule has 22 heavy (non-hydrogen) atoms. The zero-order valence-corrected chi connectivity index (χ0v) is 12.1. The summed E-state index contributed by atoms with van der Waals surface area (Å²) in [5.74, 6) is -1.74. The smallest absolute Gasteiger partial charge is 0.425 e. The molecule has 122 valence electrons. The SMILES string of the molecule is CC(OC(=O)Oc1ccccc1C(F)(F)F)OC(=O)C(C)C. The second-order valence-corrected chi connectivity index (χ2v) is 4.62. The van der Waals surface area contributed by atoms with Crippen LogP contribution >= 0.6 is 0 Å². The number of benzene rings is 1. The van der Waals surface area contributed by atoms with Crippen LogP contribution in [0.1, 0.15) is 26.3 Å². The van der Waals surface area contributed by atoms with Crippen molar-refractivity contribution in [3.05, 3.63) is 29.8 Å². The zero-order chi connectivity index (χ0) is 16.9. The van der Waals surface area contributed by atoms with Gasteiger partial charge in [-0.15, -0.1) is 0 Å². The molecule has 0 aliphatic rings. The minimum atomic E-state index is -4.67. The molecule has 0 aliphatic heterocycles. The summed E-state index contributed by atoms with van der Waals surface area (Å²) in [6.07, 6.45) is -7.35. The molecule has 1 atom stereocenters. The predicted octanol–water partition coefficient (Wildman–Crippen LogP) is 3.77. The van der Waals surface area contributed by atoms with Crippen LogP contribution in [0.25, 0.3) is 0 Å². The standard InChI is InChI=1S/C14H15F3O5/c1-8(2)12(18)20-9(3)21-13(19)22-11-7-5-4-6-10(11)14(15,16)17/h4-9H,1-3H3. The molecule has 5 nitrogen and oxygen atoms in total. The molecule has 1 aromatic carbocycles. The summed E-state index contributed by atoms with van der Waals surface area (Å²) in [6.45, 7) is 4.40. The Morgan fingerprint density at radius 1 is 1.05 bits per heavy atom. The van der Waals surface area contributed by atoms with Crippen molar-refractivity contribution in [3.8, 4) is 5.75 Å². The largest absolute Gasteiger partial charge is 0.516 e. The number of carbonyl (C=O) groups is 2. The molecule has 1 aromatic rings. The van der Waals surface area contributed by atoms with Crippen LogP contribution in [0.3, 0.4) is 0 Å². The number of hydrogen-bond acceptors (Lipinski definition) is 5. The lowest BCUT2D eigenvalue weighted by molar-refractivity contribution is -0.170. The third kappa shape index (κ3) is 5.27. The first-order valence-corrected chi connectivity index (χ1v) is 6.36. The van der Waals surface area contributed by atoms with Gasteiger partial charge in [0, 0.05) is 6.92 Å². The average Bonchev–Trinajstić information content (AvgIpc) is 2.37. The zero-order valence-electron chi connectivity index (χ0n) is 12.1. The molecule has 0 bridgehead atoms. The fraction of sp³-hybridized carbons (Fsp3) is 0.429. The Morgan fingerprint density at radius 3 is 2.18 bits per heavy atom. The molecule has 0 N–H and O–H groups in total. The number of para-hydroxylation sites is 1. The number of halogens is 3. The van der Waals surface area contributed by atoms with Crippen molar-refractivity contribution in [2.75, 3.05) is 0 Å². The van der Waals surface area contributed by atoms with Crippen LogP contribution in [0.5, 0.6) is 5.75 Å². The second-order valence-electron chi connectivity index (χ2n) is 4.62. The van der Waals surface area contributed by atoms with Crippen LogP contribution in [0, 0.1) is 5.92 Å². The average molecular weight is 320 g/mol. The van der Waals surface area contributed by atoms with Crippen molar-refractivity contribution in [2.24, 2.45) is 5.92 Å². The van der Waals surface area contributed by atoms with Crippen LogP contribution in [0.2, 0.25) is 0 Å². The van der Waals surface area contributed by atoms with Gasteiger partial charge in [0.25, 0.3) is 0 Å². The minimum absolute atomic E-state index is 0.437. The van der Waals surface area contributed by atoms with E-state index in [0.29, 0.717) is 0 Å². The molecule has 0 amide bonds. The van der Waals surface area contributed by atoms with E-state index < -0.39 is 41.8 Å². The van der Waals surface area contributed by atoms with Crippen LogP contribution in [-0.2, 0) is 20.4 Å². The number of ether oxygens (including phenoxy) is 3. The quantitative estimate of drug-likeness (QED) is 0.480. The monoisotopic (exact) mass is 320 g/mol. The van der Waals surface area contributed by atoms with Crippen LogP contribution in [0.15, 0.2) is 24.3 Å². The number of alkyl halides is 3. The van der Waals surface area contributed by atoms with Crippen molar-refractivity contribution < 1.29 is 37.0 Å². The highest BCUT2D eigenvalue weighted by atomic mass is 19.4. The summed E-state index contributed by atoms with van der Waals surface area (Å²) >= 11 is 0. The first-order valence-electron chi connectivity index (χ1n) is 6.36. The molecule has 0 aromatic heterocycles. The Morgan fingerprint density at radius 2 is 1.64 bits per heavy atom. The lowest BCUT2D eigenvalue weighted by atomic mass is 10.2. The fourth-order valence-corrected chi connectivity index (χ4v) is 1.36. The van der Waals surface area contributed by atoms with Gasteiger partial charge in [-0.05, 0) is 12.1 Å². The molecule has 0 spiro atoms. The summed E-state index contributed by atoms with van der Waals surface area (Å²) in [5, 5.41) is 0. The van der Waals surface area contributed by atoms with E-state index in [9.17, 15) is 22.8 Å². The van der Waals surface area contributed by atoms with E-state index >= 15 is 0 Å². The first-order chi connectivity index (χ1) is 10.1. The number of rotatable bonds is 4. The van der Waals surface area contributed by atoms with Crippen LogP contribution in [-0.4, -0.2) is 18.4 Å². The van der Waals surface area contributed by atoms with Gasteiger partial charge in [0.05, 0.1) is 11.5 Å². The third-order valence-electron chi connectivity index (χ3n) is 2.40. The summed E-state index contributed by atoms with van der Waals surface area (Å²) < 4.78 is 52.0. The van der Waals surface area contributed by atoms with Gasteiger partial charge < -0.3 is 14.2 Å². The molecule has 1 rings (SSSR count). The Hall–Kier alpha value is -2.25. The van der Waals surface area contributed by atoms with Crippen molar-refractivity contribution in [2.45, 2.75) is 33.2 Å². The predicted molar refractivity (Wildman–Crippen MR) is 68.9 cm³/mol. The Labute approximate surface area is 125 Å². The van der Waals surface area contributed by atoms with Crippen molar-refractivity contribution in [1.82, 2.24) is 0 Å². The van der Waals surface area contributed by atoms with Gasteiger partial charge in [0.2, 0.25) is 6.29 Å². The highest BCUT2D eigenvalue weighted by molar-refractivity contribution is 5.72. The van der Waals surface area contributed by atoms with Crippen LogP contribution < -0.4 is 4.74 Å². The van der Waals surface area contributed by atoms with Crippen molar-refractivity contribution in [1.29, 1.82) is 0 Å². The Bertz CT molecular complexity index is 540. The third-order valence-corrected chi connectivity index (χ3v) is 2.40. The number of esters is 1. The van der Waals surface area contributed by atoms with E-state index in [4.69, 9.17) is 4.74 Å². The topological polar surface area (TPSA) is 61.8 Å². The molecule has 0 saturated carbocycles. The molecule has 0 aliphatic carbocycles. The number of carbonyl (C=O) groups excluding carboxylic acids is 2.